The van der Waals surface area contributed by atoms with Crippen LogP contribution in [0.2, 0.25) is 0 Å². The molecule has 0 aliphatic heterocycles. The van der Waals surface area contributed by atoms with E-state index in [4.69, 9.17) is 0 Å². The number of aromatic nitrogens is 1. The molecule has 1 radical (unpaired) electrons. The van der Waals surface area contributed by atoms with Gasteiger partial charge < -0.3 is 4.74 Å². The Morgan fingerprint density at radius 2 is 2.17 bits per heavy atom. The van der Waals surface area contributed by atoms with Crippen LogP contribution >= 0.6 is 11.8 Å². The van der Waals surface area contributed by atoms with Crippen molar-refractivity contribution in [1.82, 2.24) is 4.98 Å². The average molecular weight is 184 g/mol. The van der Waals surface area contributed by atoms with Crippen molar-refractivity contribution in [3.8, 4) is 0 Å². The minimum Gasteiger partial charge on any atom is -0.420 e. The quantitative estimate of drug-likeness (QED) is 0.407. The lowest BCUT2D eigenvalue weighted by Crippen LogP contribution is -1.96. The molecule has 0 saturated heterocycles. The zero-order chi connectivity index (χ0) is 8.81. The first-order valence-corrected chi connectivity index (χ1v) is 4.14. The fourth-order valence-electron chi connectivity index (χ4n) is 0.580. The van der Waals surface area contributed by atoms with Crippen LogP contribution in [0.15, 0.2) is 29.4 Å². The van der Waals surface area contributed by atoms with E-state index in [1.165, 1.54) is 11.8 Å². The Hall–Kier alpha value is -1.23. The molecule has 0 aliphatic carbocycles. The number of hydrogen-bond donors (Lipinski definition) is 0. The van der Waals surface area contributed by atoms with Gasteiger partial charge in [0, 0.05) is 17.3 Å². The molecule has 0 spiro atoms. The Bertz CT molecular complexity index is 252. The van der Waals surface area contributed by atoms with Crippen LogP contribution in [0.5, 0.6) is 0 Å². The molecule has 0 aromatic carbocycles. The second-order valence-electron chi connectivity index (χ2n) is 1.84. The van der Waals surface area contributed by atoms with Gasteiger partial charge in [0.2, 0.25) is 0 Å². The first-order chi connectivity index (χ1) is 5.79. The van der Waals surface area contributed by atoms with E-state index >= 15 is 0 Å². The highest BCUT2D eigenvalue weighted by Crippen LogP contribution is 2.15. The maximum absolute atomic E-state index is 9.83. The fourth-order valence-corrected chi connectivity index (χ4v) is 1.19. The summed E-state index contributed by atoms with van der Waals surface area (Å²) in [7, 11) is 0. The molecule has 0 amide bonds. The van der Waals surface area contributed by atoms with Gasteiger partial charge in [0.1, 0.15) is 5.94 Å². The Balaban J connectivity index is 2.29. The van der Waals surface area contributed by atoms with Crippen molar-refractivity contribution in [3.05, 3.63) is 24.5 Å². The molecule has 0 unspecified atom stereocenters. The minimum absolute atomic E-state index is 0.0480. The predicted molar refractivity (Wildman–Crippen MR) is 42.1 cm³/mol. The molecule has 0 aliphatic rings. The summed E-state index contributed by atoms with van der Waals surface area (Å²) in [6.45, 7) is 0. The van der Waals surface area contributed by atoms with Crippen LogP contribution in [0, 0.1) is 0 Å². The molecule has 4 nitrogen and oxygen atoms in total. The van der Waals surface area contributed by atoms with Crippen molar-refractivity contribution < 1.29 is 14.6 Å². The summed E-state index contributed by atoms with van der Waals surface area (Å²) < 4.78 is 4.19. The lowest BCUT2D eigenvalue weighted by atomic mass is 10.5. The van der Waals surface area contributed by atoms with Crippen LogP contribution in [0.25, 0.3) is 0 Å². The number of hydrogen-bond acceptors (Lipinski definition) is 4. The van der Waals surface area contributed by atoms with Gasteiger partial charge in [-0.15, -0.1) is 0 Å². The second-order valence-corrected chi connectivity index (χ2v) is 2.84. The summed E-state index contributed by atoms with van der Waals surface area (Å²) >= 11 is 1.27. The summed E-state index contributed by atoms with van der Waals surface area (Å²) in [5, 5.41) is 9.83. The van der Waals surface area contributed by atoms with E-state index in [-0.39, 0.29) is 5.94 Å². The van der Waals surface area contributed by atoms with Crippen LogP contribution in [-0.4, -0.2) is 17.1 Å². The van der Waals surface area contributed by atoms with Gasteiger partial charge in [-0.25, -0.2) is 0 Å². The summed E-state index contributed by atoms with van der Waals surface area (Å²) in [6.07, 6.45) is 1.75. The van der Waals surface area contributed by atoms with Gasteiger partial charge in [-0.3, -0.25) is 4.98 Å². The number of ether oxygens (including phenoxy) is 1. The first-order valence-electron chi connectivity index (χ1n) is 3.15. The molecular weight excluding hydrogens is 178 g/mol. The van der Waals surface area contributed by atoms with Crippen molar-refractivity contribution in [2.75, 3.05) is 5.94 Å². The largest absolute Gasteiger partial charge is 0.550 e. The van der Waals surface area contributed by atoms with Crippen molar-refractivity contribution in [2.45, 2.75) is 4.90 Å². The molecule has 1 aromatic heterocycles. The van der Waals surface area contributed by atoms with Crippen LogP contribution in [0.1, 0.15) is 0 Å². The maximum atomic E-state index is 9.83. The zero-order valence-corrected chi connectivity index (χ0v) is 6.91. The van der Waals surface area contributed by atoms with Gasteiger partial charge in [0.15, 0.2) is 0 Å². The fraction of sp³-hybridized carbons (Fsp3) is 0.143. The third-order valence-electron chi connectivity index (χ3n) is 1.05. The van der Waals surface area contributed by atoms with Crippen molar-refractivity contribution in [2.24, 2.45) is 0 Å². The Morgan fingerprint density at radius 3 is 2.75 bits per heavy atom. The Kier molecular flexibility index (Phi) is 3.40. The highest BCUT2D eigenvalue weighted by Gasteiger charge is 1.98. The molecule has 63 valence electrons. The minimum atomic E-state index is -1.50. The van der Waals surface area contributed by atoms with Gasteiger partial charge in [-0.05, 0) is 12.1 Å². The zero-order valence-electron chi connectivity index (χ0n) is 6.10. The van der Waals surface area contributed by atoms with Gasteiger partial charge in [-0.1, -0.05) is 11.8 Å². The molecule has 0 fully saturated rings. The van der Waals surface area contributed by atoms with Crippen LogP contribution < -0.4 is 0 Å². The van der Waals surface area contributed by atoms with E-state index < -0.39 is 6.16 Å². The van der Waals surface area contributed by atoms with Gasteiger partial charge in [-0.2, -0.15) is 9.90 Å². The van der Waals surface area contributed by atoms with Gasteiger partial charge >= 0.3 is 6.16 Å². The lowest BCUT2D eigenvalue weighted by Gasteiger charge is -1.97. The molecule has 0 saturated carbocycles. The Labute approximate surface area is 73.6 Å². The standard InChI is InChI=1S/C7H6NO3S/c9-7(10)11-5-12-6-1-3-8-4-2-6/h1-4H,5H2. The maximum Gasteiger partial charge on any atom is 0.550 e. The number of carbonyl (C=O) groups is 1. The molecule has 0 N–H and O–H groups in total. The summed E-state index contributed by atoms with van der Waals surface area (Å²) in [5.41, 5.74) is 0. The van der Waals surface area contributed by atoms with E-state index in [1.807, 2.05) is 0 Å². The average Bonchev–Trinajstić information content (AvgIpc) is 2.05. The monoisotopic (exact) mass is 184 g/mol. The molecule has 1 heterocycles. The lowest BCUT2D eigenvalue weighted by molar-refractivity contribution is 0.0831. The van der Waals surface area contributed by atoms with Gasteiger partial charge in [0.25, 0.3) is 0 Å². The van der Waals surface area contributed by atoms with Crippen molar-refractivity contribution in [1.29, 1.82) is 0 Å². The highest BCUT2D eigenvalue weighted by atomic mass is 32.2. The van der Waals surface area contributed by atoms with Crippen molar-refractivity contribution >= 4 is 17.9 Å². The molecule has 1 rings (SSSR count). The molecule has 1 aromatic rings. The molecular formula is C7H6NO3S. The van der Waals surface area contributed by atoms with E-state index in [2.05, 4.69) is 9.72 Å². The molecule has 0 bridgehead atoms. The van der Waals surface area contributed by atoms with Crippen LogP contribution in [0.3, 0.4) is 0 Å². The molecule has 0 atom stereocenters. The van der Waals surface area contributed by atoms with E-state index in [0.29, 0.717) is 0 Å². The third kappa shape index (κ3) is 3.25. The predicted octanol–water partition coefficient (Wildman–Crippen LogP) is 1.70. The van der Waals surface area contributed by atoms with Gasteiger partial charge in [0.05, 0.1) is 0 Å². The van der Waals surface area contributed by atoms with Crippen LogP contribution in [-0.2, 0) is 9.84 Å². The molecule has 5 heteroatoms. The van der Waals surface area contributed by atoms with Crippen molar-refractivity contribution in [3.63, 3.8) is 0 Å². The number of carbonyl (C=O) groups excluding carboxylic acids is 1. The second kappa shape index (κ2) is 4.61. The number of nitrogens with zero attached hydrogens (tertiary/aromatic N) is 1. The highest BCUT2D eigenvalue weighted by molar-refractivity contribution is 7.99. The van der Waals surface area contributed by atoms with E-state index in [1.54, 1.807) is 24.5 Å². The SMILES string of the molecule is [O]C(=O)OCSc1ccncc1. The first kappa shape index (κ1) is 8.86. The molecule has 12 heavy (non-hydrogen) atoms. The topological polar surface area (TPSA) is 59.1 Å². The number of thioether (sulfide) groups is 1. The van der Waals surface area contributed by atoms with E-state index in [0.717, 1.165) is 4.90 Å². The summed E-state index contributed by atoms with van der Waals surface area (Å²) in [4.78, 5) is 14.5. The normalized spacial score (nSPS) is 9.33. The number of pyridine rings is 1. The smallest absolute Gasteiger partial charge is 0.420 e. The Morgan fingerprint density at radius 1 is 1.50 bits per heavy atom. The van der Waals surface area contributed by atoms with E-state index in [9.17, 15) is 9.90 Å². The summed E-state index contributed by atoms with van der Waals surface area (Å²) in [5.74, 6) is 0.0480. The number of rotatable bonds is 3. The summed E-state index contributed by atoms with van der Waals surface area (Å²) in [6, 6.07) is 3.53. The van der Waals surface area contributed by atoms with Crippen LogP contribution in [0.4, 0.5) is 4.79 Å². The third-order valence-corrected chi connectivity index (χ3v) is 1.89.